The van der Waals surface area contributed by atoms with E-state index in [1.54, 1.807) is 13.4 Å². The molecule has 0 saturated heterocycles. The van der Waals surface area contributed by atoms with E-state index in [1.165, 1.54) is 12.8 Å². The van der Waals surface area contributed by atoms with Crippen LogP contribution in [-0.2, 0) is 18.3 Å². The zero-order valence-corrected chi connectivity index (χ0v) is 15.8. The van der Waals surface area contributed by atoms with Gasteiger partial charge in [0.25, 0.3) is 0 Å². The molecule has 1 amide bonds. The first-order chi connectivity index (χ1) is 13.6. The largest absolute Gasteiger partial charge is 0.365 e. The second-order valence-corrected chi connectivity index (χ2v) is 7.26. The molecule has 3 heterocycles. The van der Waals surface area contributed by atoms with Gasteiger partial charge in [-0.05, 0) is 24.5 Å². The van der Waals surface area contributed by atoms with Crippen molar-refractivity contribution >= 4 is 28.5 Å². The minimum Gasteiger partial charge on any atom is -0.365 e. The van der Waals surface area contributed by atoms with E-state index in [4.69, 9.17) is 10.1 Å². The Morgan fingerprint density at radius 1 is 1.29 bits per heavy atom. The lowest BCUT2D eigenvalue weighted by Crippen LogP contribution is -2.19. The van der Waals surface area contributed by atoms with Crippen LogP contribution in [0.2, 0.25) is 0 Å². The second kappa shape index (κ2) is 6.33. The normalized spacial score (nSPS) is 13.9. The minimum atomic E-state index is -0.0128. The van der Waals surface area contributed by atoms with Crippen LogP contribution in [0.15, 0.2) is 36.7 Å². The summed E-state index contributed by atoms with van der Waals surface area (Å²) in [6.45, 7) is 0. The number of likely N-dealkylation sites (N-methyl/N-ethyl adjacent to an activating group) is 1. The van der Waals surface area contributed by atoms with Crippen LogP contribution in [0.3, 0.4) is 0 Å². The molecule has 1 aromatic carbocycles. The fourth-order valence-electron chi connectivity index (χ4n) is 3.39. The molecule has 0 atom stereocenters. The number of imidazole rings is 1. The molecule has 142 valence electrons. The minimum absolute atomic E-state index is 0.0128. The monoisotopic (exact) mass is 375 g/mol. The van der Waals surface area contributed by atoms with Gasteiger partial charge in [0, 0.05) is 31.8 Å². The number of benzene rings is 1. The van der Waals surface area contributed by atoms with E-state index < -0.39 is 0 Å². The third kappa shape index (κ3) is 2.87. The predicted molar refractivity (Wildman–Crippen MR) is 107 cm³/mol. The fraction of sp³-hybridized carbons (Fsp3) is 0.300. The zero-order valence-electron chi connectivity index (χ0n) is 15.8. The molecule has 0 bridgehead atoms. The Balaban J connectivity index is 1.62. The van der Waals surface area contributed by atoms with E-state index in [0.29, 0.717) is 12.5 Å². The molecule has 28 heavy (non-hydrogen) atoms. The summed E-state index contributed by atoms with van der Waals surface area (Å²) in [5.74, 6) is 0.798. The van der Waals surface area contributed by atoms with Gasteiger partial charge >= 0.3 is 0 Å². The Bertz CT molecular complexity index is 1200. The first-order valence-electron chi connectivity index (χ1n) is 9.39. The van der Waals surface area contributed by atoms with Crippen LogP contribution >= 0.6 is 0 Å². The summed E-state index contributed by atoms with van der Waals surface area (Å²) in [6.07, 6.45) is 4.47. The molecule has 3 aromatic heterocycles. The zero-order chi connectivity index (χ0) is 19.3. The van der Waals surface area contributed by atoms with Crippen LogP contribution in [-0.4, -0.2) is 43.1 Å². The molecule has 4 aromatic rings. The smallest absolute Gasteiger partial charge is 0.224 e. The SMILES string of the molecule is CNC(=O)Cc1cccc(-c2cc3nc(NC4CC4)c4ncn(C)c4n3n2)c1. The average molecular weight is 375 g/mol. The highest BCUT2D eigenvalue weighted by Crippen LogP contribution is 2.30. The molecule has 8 nitrogen and oxygen atoms in total. The van der Waals surface area contributed by atoms with Crippen molar-refractivity contribution in [3.05, 3.63) is 42.2 Å². The maximum atomic E-state index is 11.7. The summed E-state index contributed by atoms with van der Waals surface area (Å²) in [7, 11) is 3.60. The first-order valence-corrected chi connectivity index (χ1v) is 9.39. The number of fused-ring (bicyclic) bond motifs is 3. The summed E-state index contributed by atoms with van der Waals surface area (Å²) in [4.78, 5) is 21.0. The Hall–Kier alpha value is -3.42. The quantitative estimate of drug-likeness (QED) is 0.558. The number of anilines is 1. The lowest BCUT2D eigenvalue weighted by molar-refractivity contribution is -0.119. The van der Waals surface area contributed by atoms with Gasteiger partial charge in [-0.3, -0.25) is 4.79 Å². The van der Waals surface area contributed by atoms with Crippen molar-refractivity contribution in [3.63, 3.8) is 0 Å². The number of aromatic nitrogens is 5. The highest BCUT2D eigenvalue weighted by molar-refractivity contribution is 5.87. The topological polar surface area (TPSA) is 89.1 Å². The molecule has 8 heteroatoms. The standard InChI is InChI=1S/C20H21N7O/c1-21-17(28)9-12-4-3-5-13(8-12)15-10-16-24-19(23-14-6-7-14)18-20(27(16)25-15)26(2)11-22-18/h3-5,8,10-11,14H,6-7,9H2,1-2H3,(H,21,28)(H,23,24). The van der Waals surface area contributed by atoms with E-state index in [0.717, 1.165) is 39.4 Å². The van der Waals surface area contributed by atoms with Gasteiger partial charge in [0.15, 0.2) is 22.6 Å². The summed E-state index contributed by atoms with van der Waals surface area (Å²) in [6, 6.07) is 10.4. The summed E-state index contributed by atoms with van der Waals surface area (Å²) >= 11 is 0. The Morgan fingerprint density at radius 2 is 2.14 bits per heavy atom. The highest BCUT2D eigenvalue weighted by atomic mass is 16.1. The lowest BCUT2D eigenvalue weighted by Gasteiger charge is -2.06. The van der Waals surface area contributed by atoms with E-state index in [9.17, 15) is 4.79 Å². The van der Waals surface area contributed by atoms with Gasteiger partial charge in [-0.15, -0.1) is 0 Å². The molecular formula is C20H21N7O. The summed E-state index contributed by atoms with van der Waals surface area (Å²) in [5, 5.41) is 10.9. The molecular weight excluding hydrogens is 354 g/mol. The Kier molecular flexibility index (Phi) is 3.78. The van der Waals surface area contributed by atoms with E-state index >= 15 is 0 Å². The van der Waals surface area contributed by atoms with Crippen molar-refractivity contribution in [1.29, 1.82) is 0 Å². The van der Waals surface area contributed by atoms with E-state index in [2.05, 4.69) is 15.6 Å². The van der Waals surface area contributed by atoms with E-state index in [1.807, 2.05) is 46.5 Å². The van der Waals surface area contributed by atoms with Crippen LogP contribution in [0.25, 0.3) is 28.1 Å². The van der Waals surface area contributed by atoms with Gasteiger partial charge in [0.05, 0.1) is 18.4 Å². The van der Waals surface area contributed by atoms with Gasteiger partial charge in [-0.1, -0.05) is 18.2 Å². The van der Waals surface area contributed by atoms with Crippen molar-refractivity contribution < 1.29 is 4.79 Å². The molecule has 1 fully saturated rings. The van der Waals surface area contributed by atoms with Crippen molar-refractivity contribution in [3.8, 4) is 11.3 Å². The number of hydrogen-bond acceptors (Lipinski definition) is 5. The third-order valence-corrected chi connectivity index (χ3v) is 5.03. The van der Waals surface area contributed by atoms with Crippen molar-refractivity contribution in [2.24, 2.45) is 7.05 Å². The fourth-order valence-corrected chi connectivity index (χ4v) is 3.39. The van der Waals surface area contributed by atoms with Crippen molar-refractivity contribution in [1.82, 2.24) is 29.5 Å². The maximum absolute atomic E-state index is 11.7. The average Bonchev–Trinajstić information content (AvgIpc) is 3.27. The molecule has 0 unspecified atom stereocenters. The highest BCUT2D eigenvalue weighted by Gasteiger charge is 2.24. The number of carbonyl (C=O) groups is 1. The molecule has 2 N–H and O–H groups in total. The molecule has 5 rings (SSSR count). The molecule has 1 aliphatic carbocycles. The van der Waals surface area contributed by atoms with Gasteiger partial charge in [0.2, 0.25) is 5.91 Å². The van der Waals surface area contributed by atoms with Gasteiger partial charge in [-0.2, -0.15) is 9.61 Å². The number of aryl methyl sites for hydroxylation is 1. The molecule has 0 spiro atoms. The summed E-state index contributed by atoms with van der Waals surface area (Å²) in [5.41, 5.74) is 5.22. The maximum Gasteiger partial charge on any atom is 0.224 e. The third-order valence-electron chi connectivity index (χ3n) is 5.03. The van der Waals surface area contributed by atoms with Crippen molar-refractivity contribution in [2.45, 2.75) is 25.3 Å². The van der Waals surface area contributed by atoms with Crippen LogP contribution in [0, 0.1) is 0 Å². The number of nitrogens with one attached hydrogen (secondary N) is 2. The Labute approximate surface area is 161 Å². The number of nitrogens with zero attached hydrogens (tertiary/aromatic N) is 5. The van der Waals surface area contributed by atoms with Crippen LogP contribution < -0.4 is 10.6 Å². The van der Waals surface area contributed by atoms with E-state index in [-0.39, 0.29) is 5.91 Å². The second-order valence-electron chi connectivity index (χ2n) is 7.26. The van der Waals surface area contributed by atoms with Gasteiger partial charge in [-0.25, -0.2) is 9.97 Å². The number of carbonyl (C=O) groups excluding carboxylic acids is 1. The molecule has 0 aliphatic heterocycles. The number of amides is 1. The lowest BCUT2D eigenvalue weighted by atomic mass is 10.1. The molecule has 1 saturated carbocycles. The number of hydrogen-bond donors (Lipinski definition) is 2. The summed E-state index contributed by atoms with van der Waals surface area (Å²) < 4.78 is 3.79. The van der Waals surface area contributed by atoms with Crippen LogP contribution in [0.4, 0.5) is 5.82 Å². The van der Waals surface area contributed by atoms with Gasteiger partial charge < -0.3 is 15.2 Å². The predicted octanol–water partition coefficient (Wildman–Crippen LogP) is 2.15. The molecule has 1 aliphatic rings. The Morgan fingerprint density at radius 3 is 2.93 bits per heavy atom. The van der Waals surface area contributed by atoms with Crippen LogP contribution in [0.1, 0.15) is 18.4 Å². The van der Waals surface area contributed by atoms with Crippen molar-refractivity contribution in [2.75, 3.05) is 12.4 Å². The number of rotatable bonds is 5. The molecule has 0 radical (unpaired) electrons. The van der Waals surface area contributed by atoms with Crippen LogP contribution in [0.5, 0.6) is 0 Å². The van der Waals surface area contributed by atoms with Gasteiger partial charge in [0.1, 0.15) is 0 Å². The first kappa shape index (κ1) is 16.7.